The number of amides is 1. The van der Waals surface area contributed by atoms with Crippen molar-refractivity contribution < 1.29 is 14.6 Å². The second-order valence-electron chi connectivity index (χ2n) is 10.6. The molecule has 1 fully saturated rings. The molecule has 2 N–H and O–H groups in total. The standard InChI is InChI=1S/C25H32N6O4/c1-14-10-19-15(7-9-35-19)11-17(14)27-22-26-13-18-21(28-22)31(23(32)29(18)5)16-6-8-30(24(33)34)20(12-16)25(2,3)4/h10-11,13,16,20H,6-9,12H2,1-5H3,(H,33,34)(H,26,27,28). The Labute approximate surface area is 203 Å². The summed E-state index contributed by atoms with van der Waals surface area (Å²) in [5.74, 6) is 1.33. The fraction of sp³-hybridized carbons (Fsp3) is 0.520. The number of benzene rings is 1. The molecule has 0 radical (unpaired) electrons. The zero-order valence-corrected chi connectivity index (χ0v) is 20.8. The van der Waals surface area contributed by atoms with Crippen LogP contribution in [0.25, 0.3) is 11.2 Å². The Morgan fingerprint density at radius 1 is 1.29 bits per heavy atom. The number of ether oxygens (including phenoxy) is 1. The van der Waals surface area contributed by atoms with Gasteiger partial charge in [0.05, 0.1) is 12.8 Å². The minimum absolute atomic E-state index is 0.160. The highest BCUT2D eigenvalue weighted by atomic mass is 16.5. The van der Waals surface area contributed by atoms with Crippen molar-refractivity contribution in [3.63, 3.8) is 0 Å². The number of nitrogens with zero attached hydrogens (tertiary/aromatic N) is 5. The van der Waals surface area contributed by atoms with E-state index in [2.05, 4.69) is 16.4 Å². The van der Waals surface area contributed by atoms with E-state index in [0.717, 1.165) is 29.0 Å². The first-order valence-corrected chi connectivity index (χ1v) is 12.0. The minimum Gasteiger partial charge on any atom is -0.493 e. The monoisotopic (exact) mass is 480 g/mol. The molecular formula is C25H32N6O4. The molecule has 2 atom stereocenters. The summed E-state index contributed by atoms with van der Waals surface area (Å²) in [7, 11) is 1.72. The van der Waals surface area contributed by atoms with Gasteiger partial charge in [0.15, 0.2) is 5.65 Å². The summed E-state index contributed by atoms with van der Waals surface area (Å²) in [5.41, 5.74) is 3.84. The average molecular weight is 481 g/mol. The zero-order chi connectivity index (χ0) is 25.1. The van der Waals surface area contributed by atoms with E-state index >= 15 is 0 Å². The van der Waals surface area contributed by atoms with Crippen LogP contribution in [-0.4, -0.2) is 54.4 Å². The number of likely N-dealkylation sites (tertiary alicyclic amines) is 1. The van der Waals surface area contributed by atoms with Gasteiger partial charge in [-0.25, -0.2) is 14.6 Å². The number of hydrogen-bond acceptors (Lipinski definition) is 6. The number of nitrogens with one attached hydrogen (secondary N) is 1. The summed E-state index contributed by atoms with van der Waals surface area (Å²) in [6, 6.07) is 3.72. The van der Waals surface area contributed by atoms with Crippen molar-refractivity contribution in [3.05, 3.63) is 39.9 Å². The summed E-state index contributed by atoms with van der Waals surface area (Å²) in [5, 5.41) is 13.1. The fourth-order valence-electron chi connectivity index (χ4n) is 5.34. The molecule has 10 heteroatoms. The highest BCUT2D eigenvalue weighted by molar-refractivity contribution is 5.73. The molecule has 1 aromatic carbocycles. The first kappa shape index (κ1) is 23.2. The number of carboxylic acid groups (broad SMARTS) is 1. The lowest BCUT2D eigenvalue weighted by Crippen LogP contribution is -2.52. The van der Waals surface area contributed by atoms with E-state index in [9.17, 15) is 14.7 Å². The van der Waals surface area contributed by atoms with Gasteiger partial charge in [-0.15, -0.1) is 0 Å². The maximum Gasteiger partial charge on any atom is 0.407 e. The van der Waals surface area contributed by atoms with E-state index in [1.54, 1.807) is 22.4 Å². The molecule has 0 bridgehead atoms. The second-order valence-corrected chi connectivity index (χ2v) is 10.6. The van der Waals surface area contributed by atoms with Crippen molar-refractivity contribution in [2.75, 3.05) is 18.5 Å². The molecule has 10 nitrogen and oxygen atoms in total. The molecule has 2 unspecified atom stereocenters. The van der Waals surface area contributed by atoms with E-state index in [4.69, 9.17) is 9.72 Å². The van der Waals surface area contributed by atoms with Gasteiger partial charge in [-0.2, -0.15) is 4.98 Å². The van der Waals surface area contributed by atoms with Gasteiger partial charge >= 0.3 is 11.8 Å². The highest BCUT2D eigenvalue weighted by Crippen LogP contribution is 2.37. The molecule has 35 heavy (non-hydrogen) atoms. The molecule has 1 saturated heterocycles. The van der Waals surface area contributed by atoms with Crippen molar-refractivity contribution in [2.24, 2.45) is 12.5 Å². The smallest absolute Gasteiger partial charge is 0.407 e. The van der Waals surface area contributed by atoms with Crippen LogP contribution in [0, 0.1) is 12.3 Å². The zero-order valence-electron chi connectivity index (χ0n) is 20.8. The van der Waals surface area contributed by atoms with Gasteiger partial charge in [-0.3, -0.25) is 9.13 Å². The summed E-state index contributed by atoms with van der Waals surface area (Å²) >= 11 is 0. The topological polar surface area (TPSA) is 115 Å². The number of hydrogen-bond donors (Lipinski definition) is 2. The molecule has 0 saturated carbocycles. The molecule has 5 rings (SSSR count). The lowest BCUT2D eigenvalue weighted by Gasteiger charge is -2.44. The predicted octanol–water partition coefficient (Wildman–Crippen LogP) is 3.85. The lowest BCUT2D eigenvalue weighted by atomic mass is 9.79. The van der Waals surface area contributed by atoms with Crippen molar-refractivity contribution in [2.45, 2.75) is 59.0 Å². The second kappa shape index (κ2) is 8.28. The molecule has 2 aromatic heterocycles. The maximum atomic E-state index is 13.3. The Morgan fingerprint density at radius 2 is 2.06 bits per heavy atom. The van der Waals surface area contributed by atoms with Crippen molar-refractivity contribution in [3.8, 4) is 5.75 Å². The van der Waals surface area contributed by atoms with E-state index in [-0.39, 0.29) is 23.2 Å². The van der Waals surface area contributed by atoms with Crippen molar-refractivity contribution in [1.29, 1.82) is 0 Å². The lowest BCUT2D eigenvalue weighted by molar-refractivity contribution is 0.0428. The predicted molar refractivity (Wildman–Crippen MR) is 133 cm³/mol. The third kappa shape index (κ3) is 4.00. The van der Waals surface area contributed by atoms with Gasteiger partial charge in [0.2, 0.25) is 5.95 Å². The van der Waals surface area contributed by atoms with Crippen LogP contribution in [0.15, 0.2) is 23.1 Å². The molecule has 4 heterocycles. The van der Waals surface area contributed by atoms with Gasteiger partial charge in [-0.05, 0) is 48.4 Å². The van der Waals surface area contributed by atoms with Gasteiger partial charge in [0.25, 0.3) is 0 Å². The van der Waals surface area contributed by atoms with Crippen LogP contribution in [0.2, 0.25) is 0 Å². The number of aryl methyl sites for hydroxylation is 2. The Bertz CT molecular complexity index is 1370. The number of rotatable bonds is 3. The number of fused-ring (bicyclic) bond motifs is 2. The molecule has 1 amide bonds. The Balaban J connectivity index is 1.52. The first-order valence-electron chi connectivity index (χ1n) is 12.0. The molecular weight excluding hydrogens is 448 g/mol. The van der Waals surface area contributed by atoms with Crippen molar-refractivity contribution >= 4 is 28.9 Å². The van der Waals surface area contributed by atoms with Crippen LogP contribution in [0.1, 0.15) is 50.8 Å². The fourth-order valence-corrected chi connectivity index (χ4v) is 5.34. The summed E-state index contributed by atoms with van der Waals surface area (Å²) < 4.78 is 8.94. The van der Waals surface area contributed by atoms with Gasteiger partial charge in [-0.1, -0.05) is 20.8 Å². The van der Waals surface area contributed by atoms with E-state index in [1.807, 2.05) is 33.8 Å². The van der Waals surface area contributed by atoms with Gasteiger partial charge in [0, 0.05) is 37.8 Å². The van der Waals surface area contributed by atoms with Gasteiger partial charge < -0.3 is 20.1 Å². The summed E-state index contributed by atoms with van der Waals surface area (Å²) in [4.78, 5) is 35.9. The Morgan fingerprint density at radius 3 is 2.77 bits per heavy atom. The molecule has 0 spiro atoms. The summed E-state index contributed by atoms with van der Waals surface area (Å²) in [6.45, 7) is 9.18. The third-order valence-electron chi connectivity index (χ3n) is 7.30. The number of anilines is 2. The number of imidazole rings is 1. The third-order valence-corrected chi connectivity index (χ3v) is 7.30. The van der Waals surface area contributed by atoms with Crippen LogP contribution in [-0.2, 0) is 13.5 Å². The van der Waals surface area contributed by atoms with Crippen LogP contribution < -0.4 is 15.7 Å². The molecule has 2 aliphatic heterocycles. The number of aromatic nitrogens is 4. The van der Waals surface area contributed by atoms with Gasteiger partial charge in [0.1, 0.15) is 11.3 Å². The largest absolute Gasteiger partial charge is 0.493 e. The number of carbonyl (C=O) groups is 1. The Hall–Kier alpha value is -3.56. The molecule has 2 aliphatic rings. The van der Waals surface area contributed by atoms with Crippen LogP contribution in [0.5, 0.6) is 5.75 Å². The quantitative estimate of drug-likeness (QED) is 0.585. The van der Waals surface area contributed by atoms with Crippen molar-refractivity contribution in [1.82, 2.24) is 24.0 Å². The van der Waals surface area contributed by atoms with E-state index < -0.39 is 6.09 Å². The highest BCUT2D eigenvalue weighted by Gasteiger charge is 2.40. The SMILES string of the molecule is Cc1cc2c(cc1Nc1ncc3c(n1)n(C1CCN(C(=O)O)C(C(C)(C)C)C1)c(=O)n3C)CCO2. The maximum absolute atomic E-state index is 13.3. The van der Waals surface area contributed by atoms with Crippen LogP contribution >= 0.6 is 0 Å². The van der Waals surface area contributed by atoms with E-state index in [0.29, 0.717) is 43.1 Å². The molecule has 186 valence electrons. The normalized spacial score (nSPS) is 20.1. The number of piperidine rings is 1. The average Bonchev–Trinajstić information content (AvgIpc) is 3.34. The van der Waals surface area contributed by atoms with Crippen LogP contribution in [0.4, 0.5) is 16.4 Å². The first-order chi connectivity index (χ1) is 16.5. The summed E-state index contributed by atoms with van der Waals surface area (Å²) in [6.07, 6.45) is 2.71. The molecule has 3 aromatic rings. The van der Waals surface area contributed by atoms with Crippen LogP contribution in [0.3, 0.4) is 0 Å². The Kier molecular flexibility index (Phi) is 5.49. The molecule has 0 aliphatic carbocycles. The van der Waals surface area contributed by atoms with E-state index in [1.165, 1.54) is 4.90 Å². The minimum atomic E-state index is -0.919.